The third kappa shape index (κ3) is 22.4. The van der Waals surface area contributed by atoms with Gasteiger partial charge in [-0.05, 0) is 12.8 Å². The predicted molar refractivity (Wildman–Crippen MR) is 120 cm³/mol. The Kier molecular flexibility index (Phi) is 24.8. The second-order valence-corrected chi connectivity index (χ2v) is 9.41. The Hall–Kier alpha value is -0.0300. The number of aliphatic hydroxyl groups excluding tert-OH is 2. The van der Waals surface area contributed by atoms with Crippen LogP contribution in [0.4, 0.5) is 0 Å². The molecule has 0 rings (SSSR count). The van der Waals surface area contributed by atoms with E-state index in [0.717, 1.165) is 51.4 Å². The van der Waals surface area contributed by atoms with Crippen molar-refractivity contribution >= 4 is 19.8 Å². The number of carbonyl (C=O) groups excluding carboxylic acids is 2. The summed E-state index contributed by atoms with van der Waals surface area (Å²) in [6.07, 6.45) is 7.46. The van der Waals surface area contributed by atoms with Crippen molar-refractivity contribution in [1.29, 1.82) is 0 Å². The summed E-state index contributed by atoms with van der Waals surface area (Å²) in [5, 5.41) is 17.9. The zero-order valence-electron chi connectivity index (χ0n) is 21.1. The smallest absolute Gasteiger partial charge is 0.756 e. The number of hydrogen-bond donors (Lipinski definition) is 2. The molecule has 2 N–H and O–H groups in total. The van der Waals surface area contributed by atoms with Crippen molar-refractivity contribution in [3.05, 3.63) is 0 Å². The Balaban J connectivity index is 0. The van der Waals surface area contributed by atoms with Crippen LogP contribution in [-0.2, 0) is 32.7 Å². The molecule has 0 aliphatic heterocycles. The van der Waals surface area contributed by atoms with Crippen molar-refractivity contribution in [3.8, 4) is 0 Å². The molecule has 12 heteroatoms. The quantitative estimate of drug-likeness (QED) is 0.0865. The molecule has 0 aliphatic carbocycles. The van der Waals surface area contributed by atoms with Crippen LogP contribution in [0.25, 0.3) is 0 Å². The van der Waals surface area contributed by atoms with Crippen LogP contribution in [0, 0.1) is 0 Å². The Morgan fingerprint density at radius 3 is 1.85 bits per heavy atom. The Morgan fingerprint density at radius 2 is 1.32 bits per heavy atom. The fourth-order valence-corrected chi connectivity index (χ4v) is 3.58. The summed E-state index contributed by atoms with van der Waals surface area (Å²) >= 11 is 0. The Morgan fingerprint density at radius 1 is 0.824 bits per heavy atom. The van der Waals surface area contributed by atoms with E-state index >= 15 is 0 Å². The molecular weight excluding hydrogens is 478 g/mol. The van der Waals surface area contributed by atoms with Crippen molar-refractivity contribution < 1.29 is 77.3 Å². The fourth-order valence-electron chi connectivity index (χ4n) is 2.81. The van der Waals surface area contributed by atoms with Crippen molar-refractivity contribution in [1.82, 2.24) is 0 Å². The number of aliphatic hydroxyl groups is 2. The first kappa shape index (κ1) is 36.1. The molecule has 0 saturated carbocycles. The van der Waals surface area contributed by atoms with Gasteiger partial charge in [0.25, 0.3) is 7.82 Å². The van der Waals surface area contributed by atoms with Crippen LogP contribution >= 0.6 is 7.82 Å². The topological polar surface area (TPSA) is 152 Å². The molecule has 10 nitrogen and oxygen atoms in total. The zero-order valence-corrected chi connectivity index (χ0v) is 24.0. The molecule has 0 spiro atoms. The van der Waals surface area contributed by atoms with Gasteiger partial charge in [0.15, 0.2) is 6.10 Å². The second-order valence-electron chi connectivity index (χ2n) is 8.00. The molecule has 0 bridgehead atoms. The summed E-state index contributed by atoms with van der Waals surface area (Å²) < 4.78 is 31.4. The van der Waals surface area contributed by atoms with Crippen LogP contribution in [0.3, 0.4) is 0 Å². The number of rotatable bonds is 22. The molecule has 0 aliphatic rings. The molecule has 0 heterocycles. The minimum Gasteiger partial charge on any atom is -0.756 e. The number of carbonyl (C=O) groups is 2. The maximum atomic E-state index is 12.1. The van der Waals surface area contributed by atoms with Crippen molar-refractivity contribution in [2.75, 3.05) is 26.4 Å². The van der Waals surface area contributed by atoms with Crippen LogP contribution in [0.5, 0.6) is 0 Å². The van der Waals surface area contributed by atoms with E-state index in [4.69, 9.17) is 19.1 Å². The summed E-state index contributed by atoms with van der Waals surface area (Å²) in [7, 11) is -4.82. The van der Waals surface area contributed by atoms with Gasteiger partial charge in [0, 0.05) is 12.8 Å². The minimum atomic E-state index is -4.82. The van der Waals surface area contributed by atoms with Crippen LogP contribution < -0.4 is 34.5 Å². The van der Waals surface area contributed by atoms with Crippen molar-refractivity contribution in [2.45, 2.75) is 103 Å². The summed E-state index contributed by atoms with van der Waals surface area (Å²) in [6, 6.07) is 0. The molecule has 34 heavy (non-hydrogen) atoms. The normalized spacial score (nSPS) is 14.5. The second kappa shape index (κ2) is 23.4. The van der Waals surface area contributed by atoms with E-state index in [1.54, 1.807) is 0 Å². The minimum absolute atomic E-state index is 0. The van der Waals surface area contributed by atoms with Gasteiger partial charge in [0.1, 0.15) is 12.7 Å². The number of phosphoric acid groups is 1. The van der Waals surface area contributed by atoms with Crippen LogP contribution in [0.1, 0.15) is 90.9 Å². The fraction of sp³-hybridized carbons (Fsp3) is 0.909. The summed E-state index contributed by atoms with van der Waals surface area (Å²) in [5.74, 6) is -0.993. The Labute approximate surface area is 226 Å². The summed E-state index contributed by atoms with van der Waals surface area (Å²) in [6.45, 7) is 1.91. The van der Waals surface area contributed by atoms with Gasteiger partial charge in [-0.15, -0.1) is 0 Å². The number of esters is 2. The van der Waals surface area contributed by atoms with E-state index in [9.17, 15) is 24.2 Å². The molecule has 0 fully saturated rings. The predicted octanol–water partition coefficient (Wildman–Crippen LogP) is 0.0212. The average molecular weight is 521 g/mol. The van der Waals surface area contributed by atoms with Gasteiger partial charge in [0.2, 0.25) is 0 Å². The first-order valence-electron chi connectivity index (χ1n) is 12.0. The first-order chi connectivity index (χ1) is 15.7. The van der Waals surface area contributed by atoms with E-state index in [-0.39, 0.29) is 49.0 Å². The molecule has 0 saturated heterocycles. The first-order valence-corrected chi connectivity index (χ1v) is 13.4. The molecule has 2 unspecified atom stereocenters. The maximum Gasteiger partial charge on any atom is 1.00 e. The van der Waals surface area contributed by atoms with Crippen LogP contribution in [-0.4, -0.2) is 60.8 Å². The molecule has 0 amide bonds. The Bertz CT molecular complexity index is 564. The van der Waals surface area contributed by atoms with E-state index in [1.165, 1.54) is 0 Å². The van der Waals surface area contributed by atoms with E-state index < -0.39 is 51.8 Å². The molecule has 0 aromatic heterocycles. The third-order valence-corrected chi connectivity index (χ3v) is 5.68. The summed E-state index contributed by atoms with van der Waals surface area (Å²) in [5.41, 5.74) is 0. The van der Waals surface area contributed by atoms with Crippen LogP contribution in [0.15, 0.2) is 0 Å². The van der Waals surface area contributed by atoms with Gasteiger partial charge >= 0.3 is 41.5 Å². The molecule has 196 valence electrons. The largest absolute Gasteiger partial charge is 1.00 e. The van der Waals surface area contributed by atoms with Crippen molar-refractivity contribution in [3.63, 3.8) is 0 Å². The van der Waals surface area contributed by atoms with Gasteiger partial charge in [-0.1, -0.05) is 65.2 Å². The van der Waals surface area contributed by atoms with Gasteiger partial charge in [0.05, 0.1) is 19.8 Å². The van der Waals surface area contributed by atoms with E-state index in [0.29, 0.717) is 12.8 Å². The molecule has 0 radical (unpaired) electrons. The van der Waals surface area contributed by atoms with Gasteiger partial charge in [-0.2, -0.15) is 0 Å². The number of unbranched alkanes of at least 4 members (excludes halogenated alkanes) is 8. The van der Waals surface area contributed by atoms with Gasteiger partial charge in [-0.3, -0.25) is 14.2 Å². The number of hydrogen-bond acceptors (Lipinski definition) is 10. The number of phosphoric ester groups is 1. The molecule has 0 aromatic carbocycles. The molecule has 0 aromatic rings. The van der Waals surface area contributed by atoms with Gasteiger partial charge in [-0.25, -0.2) is 0 Å². The van der Waals surface area contributed by atoms with E-state index in [2.05, 4.69) is 18.4 Å². The van der Waals surface area contributed by atoms with Gasteiger partial charge < -0.3 is 33.6 Å². The van der Waals surface area contributed by atoms with Crippen LogP contribution in [0.2, 0.25) is 0 Å². The standard InChI is InChI=1S/C22H43O10P.Na/c1-3-5-7-9-11-13-21(25)29-17-20(32-22(26)14-12-10-8-6-4-2)18-31-33(27,28)30-16-19(24)15-23;/h19-20,23-24H,3-18H2,1-2H3,(H,27,28);/q;+1/p-1/t19?,20-;/m1./s1. The SMILES string of the molecule is CCCCCCCC(=O)OC[C@H](COP(=O)([O-])OCC(O)CO)OC(=O)CCCCCCC.[Na+]. The maximum absolute atomic E-state index is 12.1. The number of ether oxygens (including phenoxy) is 2. The summed E-state index contributed by atoms with van der Waals surface area (Å²) in [4.78, 5) is 35.9. The monoisotopic (exact) mass is 520 g/mol. The van der Waals surface area contributed by atoms with Crippen molar-refractivity contribution in [2.24, 2.45) is 0 Å². The van der Waals surface area contributed by atoms with E-state index in [1.807, 2.05) is 0 Å². The average Bonchev–Trinajstić information content (AvgIpc) is 2.79. The third-order valence-electron chi connectivity index (χ3n) is 4.75. The zero-order chi connectivity index (χ0) is 25.0. The molecule has 3 atom stereocenters. The molecular formula is C22H42NaO10P.